The number of carbonyl (C=O) groups excluding carboxylic acids is 1. The fourth-order valence-corrected chi connectivity index (χ4v) is 7.41. The molecule has 0 radical (unpaired) electrons. The zero-order valence-corrected chi connectivity index (χ0v) is 18.9. The molecule has 1 N–H and O–H groups in total. The predicted molar refractivity (Wildman–Crippen MR) is 127 cm³/mol. The Labute approximate surface area is 192 Å². The van der Waals surface area contributed by atoms with Crippen LogP contribution < -0.4 is 5.56 Å². The van der Waals surface area contributed by atoms with E-state index in [0.29, 0.717) is 15.1 Å². The second-order valence-electron chi connectivity index (χ2n) is 8.39. The third kappa shape index (κ3) is 2.98. The fourth-order valence-electron chi connectivity index (χ4n) is 4.90. The Morgan fingerprint density at radius 3 is 2.78 bits per heavy atom. The minimum absolute atomic E-state index is 0.153. The molecule has 6 rings (SSSR count). The number of nitrogens with one attached hydrogen (secondary N) is 1. The molecule has 5 nitrogen and oxygen atoms in total. The molecule has 2 aliphatic rings. The van der Waals surface area contributed by atoms with Crippen LogP contribution in [0.3, 0.4) is 0 Å². The summed E-state index contributed by atoms with van der Waals surface area (Å²) >= 11 is 2.97. The molecular formula is C25H19N3O2S2. The number of H-pyrrole nitrogens is 1. The Morgan fingerprint density at radius 2 is 1.91 bits per heavy atom. The minimum atomic E-state index is -1.12. The number of nitriles is 1. The molecule has 0 aliphatic heterocycles. The van der Waals surface area contributed by atoms with Gasteiger partial charge in [-0.15, -0.1) is 22.7 Å². The van der Waals surface area contributed by atoms with Gasteiger partial charge in [0.1, 0.15) is 10.7 Å². The quantitative estimate of drug-likeness (QED) is 0.430. The second-order valence-corrected chi connectivity index (χ2v) is 10.5. The number of benzene rings is 1. The molecule has 0 spiro atoms. The number of Topliss-reactive ketones (excluding diaryl/α,β-unsaturated/α-hetero) is 1. The molecule has 7 heteroatoms. The van der Waals surface area contributed by atoms with Crippen LogP contribution in [-0.4, -0.2) is 15.8 Å². The van der Waals surface area contributed by atoms with Gasteiger partial charge in [-0.05, 0) is 66.8 Å². The minimum Gasteiger partial charge on any atom is -0.308 e. The molecule has 0 fully saturated rings. The summed E-state index contributed by atoms with van der Waals surface area (Å²) in [6.45, 7) is 0. The highest BCUT2D eigenvalue weighted by molar-refractivity contribution is 7.19. The molecule has 4 aromatic rings. The van der Waals surface area contributed by atoms with E-state index in [9.17, 15) is 14.9 Å². The van der Waals surface area contributed by atoms with Crippen LogP contribution in [0.5, 0.6) is 0 Å². The number of nitrogens with zero attached hydrogens (tertiary/aromatic N) is 2. The lowest BCUT2D eigenvalue weighted by Gasteiger charge is -2.15. The number of aromatic amines is 1. The van der Waals surface area contributed by atoms with Crippen molar-refractivity contribution in [2.75, 3.05) is 0 Å². The Balaban J connectivity index is 1.40. The number of aryl methyl sites for hydroxylation is 4. The van der Waals surface area contributed by atoms with E-state index in [4.69, 9.17) is 0 Å². The zero-order chi connectivity index (χ0) is 21.8. The highest BCUT2D eigenvalue weighted by atomic mass is 32.1. The van der Waals surface area contributed by atoms with Gasteiger partial charge in [0.2, 0.25) is 0 Å². The number of thiophene rings is 2. The van der Waals surface area contributed by atoms with Crippen LogP contribution in [0.15, 0.2) is 35.1 Å². The lowest BCUT2D eigenvalue weighted by molar-refractivity contribution is 0.0980. The Morgan fingerprint density at radius 1 is 1.09 bits per heavy atom. The van der Waals surface area contributed by atoms with Crippen molar-refractivity contribution >= 4 is 38.7 Å². The molecule has 1 aromatic carbocycles. The van der Waals surface area contributed by atoms with E-state index in [1.165, 1.54) is 38.7 Å². The van der Waals surface area contributed by atoms with E-state index in [2.05, 4.69) is 28.2 Å². The normalized spacial score (nSPS) is 15.5. The average Bonchev–Trinajstić information content (AvgIpc) is 3.41. The number of carbonyl (C=O) groups is 1. The SMILES string of the molecule is N#CC(C(=O)c1cc2c(s1)-c1ccccc1CC2)c1nc2sc3c(c2c(=O)[nH]1)CCCC3. The maximum atomic E-state index is 13.4. The van der Waals surface area contributed by atoms with Gasteiger partial charge in [0.25, 0.3) is 5.56 Å². The molecule has 0 saturated carbocycles. The summed E-state index contributed by atoms with van der Waals surface area (Å²) in [7, 11) is 0. The zero-order valence-electron chi connectivity index (χ0n) is 17.2. The lowest BCUT2D eigenvalue weighted by Crippen LogP contribution is -2.19. The first-order valence-electron chi connectivity index (χ1n) is 10.8. The predicted octanol–water partition coefficient (Wildman–Crippen LogP) is 5.18. The van der Waals surface area contributed by atoms with Gasteiger partial charge >= 0.3 is 0 Å². The van der Waals surface area contributed by atoms with Crippen LogP contribution in [-0.2, 0) is 25.7 Å². The second kappa shape index (κ2) is 7.51. The average molecular weight is 458 g/mol. The maximum absolute atomic E-state index is 13.4. The van der Waals surface area contributed by atoms with Gasteiger partial charge in [0.05, 0.1) is 16.3 Å². The third-order valence-corrected chi connectivity index (χ3v) is 8.90. The summed E-state index contributed by atoms with van der Waals surface area (Å²) in [6.07, 6.45) is 5.89. The summed E-state index contributed by atoms with van der Waals surface area (Å²) in [5, 5.41) is 10.5. The summed E-state index contributed by atoms with van der Waals surface area (Å²) in [5.74, 6) is -1.27. The van der Waals surface area contributed by atoms with Gasteiger partial charge in [-0.2, -0.15) is 5.26 Å². The fraction of sp³-hybridized carbons (Fsp3) is 0.280. The smallest absolute Gasteiger partial charge is 0.259 e. The van der Waals surface area contributed by atoms with Crippen molar-refractivity contribution in [2.45, 2.75) is 44.4 Å². The van der Waals surface area contributed by atoms with E-state index >= 15 is 0 Å². The van der Waals surface area contributed by atoms with E-state index in [0.717, 1.165) is 54.5 Å². The number of fused-ring (bicyclic) bond motifs is 6. The topological polar surface area (TPSA) is 86.6 Å². The Hall–Kier alpha value is -3.08. The van der Waals surface area contributed by atoms with Gasteiger partial charge in [0, 0.05) is 9.75 Å². The molecule has 0 amide bonds. The maximum Gasteiger partial charge on any atom is 0.259 e. The monoisotopic (exact) mass is 457 g/mol. The first-order chi connectivity index (χ1) is 15.6. The molecule has 3 aromatic heterocycles. The van der Waals surface area contributed by atoms with Crippen LogP contribution in [0, 0.1) is 11.3 Å². The highest BCUT2D eigenvalue weighted by Crippen LogP contribution is 2.41. The van der Waals surface area contributed by atoms with Crippen molar-refractivity contribution in [1.82, 2.24) is 9.97 Å². The van der Waals surface area contributed by atoms with E-state index < -0.39 is 5.92 Å². The Kier molecular flexibility index (Phi) is 4.60. The molecule has 1 unspecified atom stereocenters. The molecule has 0 saturated heterocycles. The van der Waals surface area contributed by atoms with Gasteiger partial charge in [0.15, 0.2) is 11.7 Å². The molecule has 1 atom stereocenters. The number of hydrogen-bond acceptors (Lipinski definition) is 6. The van der Waals surface area contributed by atoms with E-state index in [-0.39, 0.29) is 17.2 Å². The molecule has 3 heterocycles. The number of rotatable bonds is 3. The summed E-state index contributed by atoms with van der Waals surface area (Å²) < 4.78 is 0. The van der Waals surface area contributed by atoms with Crippen molar-refractivity contribution in [3.63, 3.8) is 0 Å². The van der Waals surface area contributed by atoms with Gasteiger partial charge in [-0.25, -0.2) is 4.98 Å². The van der Waals surface area contributed by atoms with Crippen LogP contribution >= 0.6 is 22.7 Å². The largest absolute Gasteiger partial charge is 0.308 e. The standard InChI is InChI=1S/C25H19N3O2S2/c26-12-17(23-27-24(30)20-16-7-3-4-8-18(16)32-25(20)28-23)21(29)19-11-14-10-9-13-5-1-2-6-15(13)22(14)31-19/h1-2,5-6,11,17H,3-4,7-10H2,(H,27,28,30). The van der Waals surface area contributed by atoms with Crippen molar-refractivity contribution in [3.8, 4) is 16.5 Å². The third-order valence-electron chi connectivity index (χ3n) is 6.49. The van der Waals surface area contributed by atoms with Crippen LogP contribution in [0.1, 0.15) is 55.8 Å². The Bertz CT molecular complexity index is 1500. The van der Waals surface area contributed by atoms with Gasteiger partial charge in [-0.3, -0.25) is 9.59 Å². The number of hydrogen-bond donors (Lipinski definition) is 1. The number of aromatic nitrogens is 2. The van der Waals surface area contributed by atoms with Crippen LogP contribution in [0.25, 0.3) is 20.7 Å². The van der Waals surface area contributed by atoms with Crippen molar-refractivity contribution < 1.29 is 4.79 Å². The molecule has 0 bridgehead atoms. The van der Waals surface area contributed by atoms with E-state index in [1.807, 2.05) is 18.2 Å². The summed E-state index contributed by atoms with van der Waals surface area (Å²) in [5.41, 5.74) is 4.47. The summed E-state index contributed by atoms with van der Waals surface area (Å²) in [4.78, 5) is 37.2. The highest BCUT2D eigenvalue weighted by Gasteiger charge is 2.30. The first kappa shape index (κ1) is 19.6. The van der Waals surface area contributed by atoms with Crippen molar-refractivity contribution in [2.24, 2.45) is 0 Å². The molecule has 32 heavy (non-hydrogen) atoms. The van der Waals surface area contributed by atoms with Crippen LogP contribution in [0.2, 0.25) is 0 Å². The van der Waals surface area contributed by atoms with E-state index in [1.54, 1.807) is 0 Å². The summed E-state index contributed by atoms with van der Waals surface area (Å²) in [6, 6.07) is 12.3. The van der Waals surface area contributed by atoms with Crippen LogP contribution in [0.4, 0.5) is 0 Å². The molecular weight excluding hydrogens is 438 g/mol. The lowest BCUT2D eigenvalue weighted by atomic mass is 9.91. The van der Waals surface area contributed by atoms with Crippen molar-refractivity contribution in [3.05, 3.63) is 73.0 Å². The first-order valence-corrected chi connectivity index (χ1v) is 12.5. The van der Waals surface area contributed by atoms with Gasteiger partial charge < -0.3 is 4.98 Å². The van der Waals surface area contributed by atoms with Gasteiger partial charge in [-0.1, -0.05) is 24.3 Å². The number of ketones is 1. The molecule has 2 aliphatic carbocycles. The molecule has 158 valence electrons. The van der Waals surface area contributed by atoms with Crippen molar-refractivity contribution in [1.29, 1.82) is 5.26 Å².